The van der Waals surface area contributed by atoms with E-state index < -0.39 is 0 Å². The van der Waals surface area contributed by atoms with Crippen molar-refractivity contribution in [1.29, 1.82) is 0 Å². The van der Waals surface area contributed by atoms with E-state index in [0.29, 0.717) is 24.2 Å². The van der Waals surface area contributed by atoms with Gasteiger partial charge in [0.2, 0.25) is 0 Å². The number of carbonyl (C=O) groups excluding carboxylic acids is 1. The van der Waals surface area contributed by atoms with Gasteiger partial charge in [-0.2, -0.15) is 0 Å². The molecule has 1 aromatic heterocycles. The summed E-state index contributed by atoms with van der Waals surface area (Å²) in [6.07, 6.45) is 10.3. The normalized spacial score (nSPS) is 21.5. The molecule has 0 bridgehead atoms. The number of aromatic nitrogens is 3. The van der Waals surface area contributed by atoms with Crippen molar-refractivity contribution in [2.24, 2.45) is 5.92 Å². The zero-order chi connectivity index (χ0) is 19.2. The Kier molecular flexibility index (Phi) is 6.37. The summed E-state index contributed by atoms with van der Waals surface area (Å²) in [5.41, 5.74) is 1.80. The highest BCUT2D eigenvalue weighted by molar-refractivity contribution is 5.91. The smallest absolute Gasteiger partial charge is 0.273 e. The van der Waals surface area contributed by atoms with E-state index in [2.05, 4.69) is 50.9 Å². The maximum atomic E-state index is 12.5. The van der Waals surface area contributed by atoms with Crippen molar-refractivity contribution in [2.75, 3.05) is 19.6 Å². The second-order valence-electron chi connectivity index (χ2n) is 8.31. The fourth-order valence-electron chi connectivity index (χ4n) is 4.54. The molecular formula is C22H31N5O. The third kappa shape index (κ3) is 4.98. The molecule has 6 heteroatoms. The van der Waals surface area contributed by atoms with Crippen LogP contribution < -0.4 is 5.32 Å². The van der Waals surface area contributed by atoms with Crippen LogP contribution in [0, 0.1) is 5.92 Å². The quantitative estimate of drug-likeness (QED) is 0.833. The molecule has 2 heterocycles. The lowest BCUT2D eigenvalue weighted by Crippen LogP contribution is -2.40. The molecule has 2 aromatic rings. The van der Waals surface area contributed by atoms with E-state index in [1.54, 1.807) is 0 Å². The molecule has 1 aliphatic heterocycles. The summed E-state index contributed by atoms with van der Waals surface area (Å²) < 4.78 is 1.90. The summed E-state index contributed by atoms with van der Waals surface area (Å²) >= 11 is 0. The molecule has 1 amide bonds. The Morgan fingerprint density at radius 2 is 1.89 bits per heavy atom. The van der Waals surface area contributed by atoms with Gasteiger partial charge in [0.05, 0.1) is 12.2 Å². The largest absolute Gasteiger partial charge is 0.350 e. The van der Waals surface area contributed by atoms with Crippen LogP contribution >= 0.6 is 0 Å². The Morgan fingerprint density at radius 1 is 1.07 bits per heavy atom. The zero-order valence-corrected chi connectivity index (χ0v) is 16.6. The minimum absolute atomic E-state index is 0.0951. The van der Waals surface area contributed by atoms with E-state index in [0.717, 1.165) is 32.5 Å². The lowest BCUT2D eigenvalue weighted by molar-refractivity contribution is 0.0925. The highest BCUT2D eigenvalue weighted by Gasteiger charge is 2.22. The molecule has 6 nitrogen and oxygen atoms in total. The molecule has 0 spiro atoms. The highest BCUT2D eigenvalue weighted by atomic mass is 16.2. The molecule has 1 saturated heterocycles. The average molecular weight is 382 g/mol. The van der Waals surface area contributed by atoms with Crippen molar-refractivity contribution >= 4 is 5.91 Å². The number of nitrogens with one attached hydrogen (secondary N) is 1. The fraction of sp³-hybridized carbons (Fsp3) is 0.591. The number of nitrogens with zero attached hydrogens (tertiary/aromatic N) is 4. The van der Waals surface area contributed by atoms with Gasteiger partial charge >= 0.3 is 0 Å². The summed E-state index contributed by atoms with van der Waals surface area (Å²) in [6, 6.07) is 11.0. The summed E-state index contributed by atoms with van der Waals surface area (Å²) in [4.78, 5) is 15.0. The lowest BCUT2D eigenvalue weighted by Gasteiger charge is -2.32. The van der Waals surface area contributed by atoms with Gasteiger partial charge in [-0.05, 0) is 43.7 Å². The zero-order valence-electron chi connectivity index (χ0n) is 16.6. The van der Waals surface area contributed by atoms with Crippen molar-refractivity contribution in [3.63, 3.8) is 0 Å². The predicted molar refractivity (Wildman–Crippen MR) is 109 cm³/mol. The van der Waals surface area contributed by atoms with Gasteiger partial charge in [-0.3, -0.25) is 9.69 Å². The minimum Gasteiger partial charge on any atom is -0.350 e. The van der Waals surface area contributed by atoms with Gasteiger partial charge in [0.15, 0.2) is 5.69 Å². The number of rotatable bonds is 6. The van der Waals surface area contributed by atoms with E-state index in [9.17, 15) is 4.79 Å². The molecule has 4 rings (SSSR count). The first-order chi connectivity index (χ1) is 13.8. The number of likely N-dealkylation sites (tertiary alicyclic amines) is 1. The Labute approximate surface area is 167 Å². The summed E-state index contributed by atoms with van der Waals surface area (Å²) in [7, 11) is 0. The Hall–Kier alpha value is -2.21. The Bertz CT molecular complexity index is 753. The lowest BCUT2D eigenvalue weighted by atomic mass is 9.96. The fourth-order valence-corrected chi connectivity index (χ4v) is 4.54. The maximum absolute atomic E-state index is 12.5. The molecule has 1 unspecified atom stereocenters. The van der Waals surface area contributed by atoms with Crippen LogP contribution in [0.2, 0.25) is 0 Å². The molecule has 1 aromatic carbocycles. The van der Waals surface area contributed by atoms with Crippen LogP contribution in [-0.4, -0.2) is 45.4 Å². The molecule has 2 aliphatic rings. The SMILES string of the molecule is O=C(NCC1CCCN(Cc2ccccc2)C1)c1cn(C2CCCCC2)nn1. The molecule has 1 saturated carbocycles. The number of piperidine rings is 1. The molecule has 2 fully saturated rings. The topological polar surface area (TPSA) is 63.1 Å². The third-order valence-corrected chi connectivity index (χ3v) is 6.10. The van der Waals surface area contributed by atoms with Crippen LogP contribution in [0.25, 0.3) is 0 Å². The average Bonchev–Trinajstić information content (AvgIpc) is 3.24. The second kappa shape index (κ2) is 9.32. The van der Waals surface area contributed by atoms with Crippen molar-refractivity contribution < 1.29 is 4.79 Å². The molecular weight excluding hydrogens is 350 g/mol. The minimum atomic E-state index is -0.0951. The third-order valence-electron chi connectivity index (χ3n) is 6.10. The molecule has 1 N–H and O–H groups in total. The predicted octanol–water partition coefficient (Wildman–Crippen LogP) is 3.43. The van der Waals surface area contributed by atoms with Crippen LogP contribution in [0.4, 0.5) is 0 Å². The van der Waals surface area contributed by atoms with Gasteiger partial charge in [-0.1, -0.05) is 54.8 Å². The molecule has 28 heavy (non-hydrogen) atoms. The first-order valence-corrected chi connectivity index (χ1v) is 10.7. The first-order valence-electron chi connectivity index (χ1n) is 10.7. The van der Waals surface area contributed by atoms with E-state index in [-0.39, 0.29) is 5.91 Å². The van der Waals surface area contributed by atoms with Crippen LogP contribution in [0.1, 0.15) is 67.0 Å². The van der Waals surface area contributed by atoms with Gasteiger partial charge in [-0.25, -0.2) is 4.68 Å². The molecule has 1 aliphatic carbocycles. The van der Waals surface area contributed by atoms with Gasteiger partial charge < -0.3 is 5.32 Å². The highest BCUT2D eigenvalue weighted by Crippen LogP contribution is 2.27. The summed E-state index contributed by atoms with van der Waals surface area (Å²) in [5, 5.41) is 11.4. The number of hydrogen-bond acceptors (Lipinski definition) is 4. The Morgan fingerprint density at radius 3 is 2.71 bits per heavy atom. The van der Waals surface area contributed by atoms with E-state index >= 15 is 0 Å². The number of hydrogen-bond donors (Lipinski definition) is 1. The van der Waals surface area contributed by atoms with E-state index in [1.165, 1.54) is 37.7 Å². The van der Waals surface area contributed by atoms with Gasteiger partial charge in [0.25, 0.3) is 5.91 Å². The standard InChI is InChI=1S/C22H31N5O/c28-22(21-17-27(25-24-21)20-11-5-2-6-12-20)23-14-19-10-7-13-26(16-19)15-18-8-3-1-4-9-18/h1,3-4,8-9,17,19-20H,2,5-7,10-16H2,(H,23,28). The van der Waals surface area contributed by atoms with Crippen LogP contribution in [0.5, 0.6) is 0 Å². The van der Waals surface area contributed by atoms with Gasteiger partial charge in [0.1, 0.15) is 0 Å². The first kappa shape index (κ1) is 19.1. The monoisotopic (exact) mass is 381 g/mol. The Balaban J connectivity index is 1.25. The second-order valence-corrected chi connectivity index (χ2v) is 8.31. The number of amides is 1. The van der Waals surface area contributed by atoms with Crippen LogP contribution in [0.15, 0.2) is 36.5 Å². The van der Waals surface area contributed by atoms with E-state index in [1.807, 2.05) is 10.9 Å². The van der Waals surface area contributed by atoms with E-state index in [4.69, 9.17) is 0 Å². The van der Waals surface area contributed by atoms with Crippen molar-refractivity contribution in [2.45, 2.75) is 57.5 Å². The molecule has 0 radical (unpaired) electrons. The van der Waals surface area contributed by atoms with Crippen molar-refractivity contribution in [3.05, 3.63) is 47.8 Å². The van der Waals surface area contributed by atoms with Crippen molar-refractivity contribution in [3.8, 4) is 0 Å². The maximum Gasteiger partial charge on any atom is 0.273 e. The molecule has 1 atom stereocenters. The van der Waals surface area contributed by atoms with Gasteiger partial charge in [0, 0.05) is 19.6 Å². The van der Waals surface area contributed by atoms with Gasteiger partial charge in [-0.15, -0.1) is 5.10 Å². The van der Waals surface area contributed by atoms with Crippen molar-refractivity contribution in [1.82, 2.24) is 25.2 Å². The summed E-state index contributed by atoms with van der Waals surface area (Å²) in [5.74, 6) is 0.400. The summed E-state index contributed by atoms with van der Waals surface area (Å²) in [6.45, 7) is 3.86. The van der Waals surface area contributed by atoms with Crippen LogP contribution in [-0.2, 0) is 6.54 Å². The van der Waals surface area contributed by atoms with Crippen LogP contribution in [0.3, 0.4) is 0 Å². The molecule has 150 valence electrons. The number of carbonyl (C=O) groups is 1. The number of benzene rings is 1.